The lowest BCUT2D eigenvalue weighted by molar-refractivity contribution is 0.266. The Hall–Kier alpha value is 0.748. The van der Waals surface area contributed by atoms with E-state index in [1.165, 1.54) is 25.7 Å². The molecule has 0 aliphatic heterocycles. The molecule has 0 saturated carbocycles. The van der Waals surface area contributed by atoms with Gasteiger partial charge in [-0.25, -0.2) is 0 Å². The van der Waals surface area contributed by atoms with Gasteiger partial charge in [0.05, 0.1) is 0 Å². The molecule has 7 heteroatoms. The van der Waals surface area contributed by atoms with Gasteiger partial charge >= 0.3 is 8.80 Å². The molecule has 116 valence electrons. The summed E-state index contributed by atoms with van der Waals surface area (Å²) < 4.78 is 19.0. The van der Waals surface area contributed by atoms with Gasteiger partial charge in [0.2, 0.25) is 0 Å². The highest BCUT2D eigenvalue weighted by Gasteiger charge is 2.42. The van der Waals surface area contributed by atoms with Crippen LogP contribution in [-0.4, -0.2) is 35.9 Å². The lowest BCUT2D eigenvalue weighted by Gasteiger charge is -2.35. The Morgan fingerprint density at radius 1 is 0.684 bits per heavy atom. The van der Waals surface area contributed by atoms with Crippen molar-refractivity contribution in [3.05, 3.63) is 0 Å². The average Bonchev–Trinajstić information content (AvgIpc) is 2.21. The van der Waals surface area contributed by atoms with Crippen LogP contribution in [-0.2, 0) is 12.3 Å². The van der Waals surface area contributed by atoms with Crippen LogP contribution >= 0.6 is 0 Å². The zero-order chi connectivity index (χ0) is 14.9. The molecule has 0 aromatic carbocycles. The maximum absolute atomic E-state index is 6.34. The van der Waals surface area contributed by atoms with E-state index >= 15 is 0 Å². The van der Waals surface area contributed by atoms with Crippen molar-refractivity contribution in [2.24, 2.45) is 0 Å². The average molecular weight is 339 g/mol. The molecule has 0 amide bonds. The minimum Gasteiger partial charge on any atom is -0.420 e. The van der Waals surface area contributed by atoms with Crippen molar-refractivity contribution < 1.29 is 12.3 Å². The molecule has 0 spiro atoms. The van der Waals surface area contributed by atoms with E-state index in [-0.39, 0.29) is 0 Å². The third-order valence-electron chi connectivity index (χ3n) is 2.58. The van der Waals surface area contributed by atoms with Gasteiger partial charge in [0, 0.05) is 6.04 Å². The maximum Gasteiger partial charge on any atom is 0.468 e. The molecule has 0 rings (SSSR count). The molecular weight excluding hydrogens is 304 g/mol. The molecular formula is C12H34O3Si4. The minimum absolute atomic E-state index is 1.04. The molecule has 0 aromatic rings. The van der Waals surface area contributed by atoms with E-state index in [1.54, 1.807) is 0 Å². The van der Waals surface area contributed by atoms with Crippen LogP contribution < -0.4 is 0 Å². The molecule has 19 heavy (non-hydrogen) atoms. The van der Waals surface area contributed by atoms with Gasteiger partial charge in [-0.05, 0) is 45.7 Å². The molecule has 0 bridgehead atoms. The van der Waals surface area contributed by atoms with Crippen LogP contribution in [0.25, 0.3) is 0 Å². The Kier molecular flexibility index (Phi) is 10.9. The number of unbranched alkanes of at least 4 members (excludes halogenated alkanes) is 3. The second-order valence-electron chi connectivity index (χ2n) is 5.99. The Morgan fingerprint density at radius 2 is 1.11 bits per heavy atom. The summed E-state index contributed by atoms with van der Waals surface area (Å²) in [6, 6.07) is 1.04. The largest absolute Gasteiger partial charge is 0.468 e. The molecule has 0 aliphatic carbocycles. The Morgan fingerprint density at radius 3 is 1.42 bits per heavy atom. The first-order valence-corrected chi connectivity index (χ1v) is 18.1. The molecule has 0 aromatic heterocycles. The quantitative estimate of drug-likeness (QED) is 0.426. The molecule has 0 heterocycles. The maximum atomic E-state index is 6.34. The fraction of sp³-hybridized carbons (Fsp3) is 1.00. The summed E-state index contributed by atoms with van der Waals surface area (Å²) in [7, 11) is -5.70. The molecule has 0 N–H and O–H groups in total. The topological polar surface area (TPSA) is 27.7 Å². The van der Waals surface area contributed by atoms with Gasteiger partial charge in [0.25, 0.3) is 0 Å². The zero-order valence-electron chi connectivity index (χ0n) is 14.0. The highest BCUT2D eigenvalue weighted by Crippen LogP contribution is 2.23. The smallest absolute Gasteiger partial charge is 0.420 e. The third kappa shape index (κ3) is 10.2. The fourth-order valence-electron chi connectivity index (χ4n) is 2.11. The van der Waals surface area contributed by atoms with E-state index in [9.17, 15) is 0 Å². The SMILES string of the molecule is CCCCCC[Si](O[SiH](C)C)(O[SiH](C)C)O[SiH](C)C. The number of hydrogen-bond donors (Lipinski definition) is 0. The van der Waals surface area contributed by atoms with Crippen LogP contribution in [0.15, 0.2) is 0 Å². The van der Waals surface area contributed by atoms with E-state index in [2.05, 4.69) is 46.2 Å². The normalized spacial score (nSPS) is 12.9. The van der Waals surface area contributed by atoms with Crippen molar-refractivity contribution in [3.8, 4) is 0 Å². The summed E-state index contributed by atoms with van der Waals surface area (Å²) >= 11 is 0. The lowest BCUT2D eigenvalue weighted by atomic mass is 10.2. The van der Waals surface area contributed by atoms with Crippen LogP contribution in [0.5, 0.6) is 0 Å². The van der Waals surface area contributed by atoms with Gasteiger partial charge in [-0.15, -0.1) is 0 Å². The molecule has 0 aliphatic rings. The predicted molar refractivity (Wildman–Crippen MR) is 94.6 cm³/mol. The monoisotopic (exact) mass is 338 g/mol. The van der Waals surface area contributed by atoms with Gasteiger partial charge in [-0.3, -0.25) is 0 Å². The molecule has 0 fully saturated rings. The van der Waals surface area contributed by atoms with Gasteiger partial charge in [0.15, 0.2) is 27.1 Å². The van der Waals surface area contributed by atoms with Gasteiger partial charge in [0.1, 0.15) is 0 Å². The molecule has 0 atom stereocenters. The predicted octanol–water partition coefficient (Wildman–Crippen LogP) is 3.51. The highest BCUT2D eigenvalue weighted by atomic mass is 28.5. The first-order chi connectivity index (χ1) is 8.81. The number of hydrogen-bond acceptors (Lipinski definition) is 3. The Bertz CT molecular complexity index is 198. The second-order valence-corrected chi connectivity index (χ2v) is 17.0. The van der Waals surface area contributed by atoms with E-state index in [0.717, 1.165) is 6.04 Å². The number of rotatable bonds is 11. The standard InChI is InChI=1S/C12H34O3Si4/c1-8-9-10-11-12-19(13-16(2)3,14-17(4)5)15-18(6)7/h16-18H,8-12H2,1-7H3. The fourth-order valence-corrected chi connectivity index (χ4v) is 15.0. The van der Waals surface area contributed by atoms with Crippen molar-refractivity contribution in [1.82, 2.24) is 0 Å². The van der Waals surface area contributed by atoms with Crippen LogP contribution in [0.1, 0.15) is 32.6 Å². The van der Waals surface area contributed by atoms with E-state index in [0.29, 0.717) is 0 Å². The van der Waals surface area contributed by atoms with Crippen LogP contribution in [0, 0.1) is 0 Å². The second kappa shape index (κ2) is 10.5. The first kappa shape index (κ1) is 19.7. The summed E-state index contributed by atoms with van der Waals surface area (Å²) in [6.07, 6.45) is 5.05. The van der Waals surface area contributed by atoms with E-state index < -0.39 is 35.9 Å². The van der Waals surface area contributed by atoms with Crippen molar-refractivity contribution in [2.75, 3.05) is 0 Å². The molecule has 0 radical (unpaired) electrons. The Labute approximate surface area is 126 Å². The van der Waals surface area contributed by atoms with Crippen LogP contribution in [0.2, 0.25) is 45.3 Å². The summed E-state index contributed by atoms with van der Waals surface area (Å²) in [5, 5.41) is 0. The van der Waals surface area contributed by atoms with Crippen LogP contribution in [0.3, 0.4) is 0 Å². The molecule has 0 saturated heterocycles. The van der Waals surface area contributed by atoms with Gasteiger partial charge < -0.3 is 12.3 Å². The highest BCUT2D eigenvalue weighted by molar-refractivity contribution is 6.79. The zero-order valence-corrected chi connectivity index (χ0v) is 18.5. The molecule has 0 unspecified atom stereocenters. The summed E-state index contributed by atoms with van der Waals surface area (Å²) in [5.74, 6) is 0. The first-order valence-electron chi connectivity index (χ1n) is 7.84. The van der Waals surface area contributed by atoms with Crippen molar-refractivity contribution in [3.63, 3.8) is 0 Å². The molecule has 3 nitrogen and oxygen atoms in total. The summed E-state index contributed by atoms with van der Waals surface area (Å²) in [5.41, 5.74) is 0. The van der Waals surface area contributed by atoms with Crippen molar-refractivity contribution in [2.45, 2.75) is 77.9 Å². The Balaban J connectivity index is 4.68. The van der Waals surface area contributed by atoms with Crippen molar-refractivity contribution >= 4 is 35.9 Å². The van der Waals surface area contributed by atoms with Crippen molar-refractivity contribution in [1.29, 1.82) is 0 Å². The van der Waals surface area contributed by atoms with Gasteiger partial charge in [-0.2, -0.15) is 0 Å². The van der Waals surface area contributed by atoms with Crippen LogP contribution in [0.4, 0.5) is 0 Å². The van der Waals surface area contributed by atoms with E-state index in [1.807, 2.05) is 0 Å². The minimum atomic E-state index is -2.35. The van der Waals surface area contributed by atoms with E-state index in [4.69, 9.17) is 12.3 Å². The van der Waals surface area contributed by atoms with Gasteiger partial charge in [-0.1, -0.05) is 26.2 Å². The lowest BCUT2D eigenvalue weighted by Crippen LogP contribution is -2.53. The summed E-state index contributed by atoms with van der Waals surface area (Å²) in [6.45, 7) is 15.6. The summed E-state index contributed by atoms with van der Waals surface area (Å²) in [4.78, 5) is 0. The third-order valence-corrected chi connectivity index (χ3v) is 13.5.